The van der Waals surface area contributed by atoms with Gasteiger partial charge in [-0.15, -0.1) is 10.2 Å². The van der Waals surface area contributed by atoms with Crippen molar-refractivity contribution < 1.29 is 27.6 Å². The number of azo groups is 1. The molecule has 0 aliphatic heterocycles. The maximum Gasteiger partial charge on any atom is 0.296 e. The van der Waals surface area contributed by atoms with Gasteiger partial charge in [-0.05, 0) is 55.1 Å². The Kier molecular flexibility index (Phi) is 7.89. The third kappa shape index (κ3) is 5.89. The average Bonchev–Trinajstić information content (AvgIpc) is 2.84. The number of nitrogens with one attached hydrogen (secondary N) is 1. The lowest BCUT2D eigenvalue weighted by molar-refractivity contribution is 0.102. The fourth-order valence-corrected chi connectivity index (χ4v) is 5.09. The highest BCUT2D eigenvalue weighted by atomic mass is 35.5. The van der Waals surface area contributed by atoms with Crippen molar-refractivity contribution in [2.45, 2.75) is 18.7 Å². The van der Waals surface area contributed by atoms with Gasteiger partial charge in [-0.3, -0.25) is 9.35 Å². The molecule has 196 valence electrons. The Balaban J connectivity index is 1.80. The van der Waals surface area contributed by atoms with E-state index in [1.165, 1.54) is 24.3 Å². The normalized spacial score (nSPS) is 11.7. The minimum atomic E-state index is -4.62. The van der Waals surface area contributed by atoms with E-state index in [0.29, 0.717) is 39.4 Å². The van der Waals surface area contributed by atoms with E-state index in [1.807, 2.05) is 6.92 Å². The highest BCUT2D eigenvalue weighted by Gasteiger charge is 2.21. The molecule has 9 nitrogen and oxygen atoms in total. The standard InChI is InChI=1S/C26H21Cl2N3O6S/c1-3-37-18-12-16(27)11-17(13-18)29-26(33)20-10-15-6-4-5-7-19(15)24(25(20)32)31-30-21-8-14(2)9-22(23(21)28)38(34,35)36/h4-13,32H,3H2,1-2H3,(H,29,33)(H,34,35,36). The van der Waals surface area contributed by atoms with Crippen LogP contribution >= 0.6 is 23.2 Å². The largest absolute Gasteiger partial charge is 0.505 e. The van der Waals surface area contributed by atoms with Gasteiger partial charge in [0.05, 0.1) is 17.2 Å². The molecule has 4 aromatic rings. The minimum Gasteiger partial charge on any atom is -0.505 e. The van der Waals surface area contributed by atoms with Crippen LogP contribution in [-0.4, -0.2) is 30.6 Å². The van der Waals surface area contributed by atoms with Crippen molar-refractivity contribution in [1.29, 1.82) is 0 Å². The number of nitrogens with zero attached hydrogens (tertiary/aromatic N) is 2. The van der Waals surface area contributed by atoms with Crippen molar-refractivity contribution in [1.82, 2.24) is 0 Å². The molecular formula is C26H21Cl2N3O6S. The Bertz CT molecular complexity index is 1710. The van der Waals surface area contributed by atoms with Gasteiger partial charge in [0.2, 0.25) is 0 Å². The molecule has 0 aromatic heterocycles. The van der Waals surface area contributed by atoms with Crippen molar-refractivity contribution in [3.63, 3.8) is 0 Å². The molecule has 1 amide bonds. The summed E-state index contributed by atoms with van der Waals surface area (Å²) in [6.07, 6.45) is 0. The Morgan fingerprint density at radius 3 is 2.50 bits per heavy atom. The zero-order chi connectivity index (χ0) is 27.6. The number of anilines is 1. The molecule has 0 radical (unpaired) electrons. The first kappa shape index (κ1) is 27.3. The second-order valence-electron chi connectivity index (χ2n) is 8.18. The first-order valence-corrected chi connectivity index (χ1v) is 13.4. The SMILES string of the molecule is CCOc1cc(Cl)cc(NC(=O)c2cc3ccccc3c(N=Nc3cc(C)cc(S(=O)(=O)O)c3Cl)c2O)c1. The molecule has 4 rings (SSSR count). The van der Waals surface area contributed by atoms with Gasteiger partial charge in [0.1, 0.15) is 22.0 Å². The number of aromatic hydroxyl groups is 1. The lowest BCUT2D eigenvalue weighted by Gasteiger charge is -2.12. The van der Waals surface area contributed by atoms with E-state index in [9.17, 15) is 22.9 Å². The number of ether oxygens (including phenoxy) is 1. The summed E-state index contributed by atoms with van der Waals surface area (Å²) in [5.41, 5.74) is 0.613. The number of hydrogen-bond donors (Lipinski definition) is 3. The van der Waals surface area contributed by atoms with Gasteiger partial charge in [-0.25, -0.2) is 0 Å². The molecule has 12 heteroatoms. The molecule has 0 aliphatic carbocycles. The second kappa shape index (κ2) is 11.0. The molecule has 0 saturated heterocycles. The van der Waals surface area contributed by atoms with Crippen LogP contribution in [0.15, 0.2) is 75.8 Å². The fourth-order valence-electron chi connectivity index (χ4n) is 3.76. The smallest absolute Gasteiger partial charge is 0.296 e. The summed E-state index contributed by atoms with van der Waals surface area (Å²) in [6, 6.07) is 15.8. The molecule has 38 heavy (non-hydrogen) atoms. The number of phenolic OH excluding ortho intramolecular Hbond substituents is 1. The fraction of sp³-hybridized carbons (Fsp3) is 0.115. The molecule has 0 saturated carbocycles. The Morgan fingerprint density at radius 2 is 1.79 bits per heavy atom. The number of carbonyl (C=O) groups excluding carboxylic acids is 1. The van der Waals surface area contributed by atoms with Gasteiger partial charge in [0.15, 0.2) is 5.75 Å². The van der Waals surface area contributed by atoms with E-state index in [1.54, 1.807) is 43.3 Å². The molecule has 3 N–H and O–H groups in total. The van der Waals surface area contributed by atoms with E-state index >= 15 is 0 Å². The summed E-state index contributed by atoms with van der Waals surface area (Å²) in [7, 11) is -4.62. The highest BCUT2D eigenvalue weighted by Crippen LogP contribution is 2.41. The zero-order valence-corrected chi connectivity index (χ0v) is 22.4. The predicted octanol–water partition coefficient (Wildman–Crippen LogP) is 7.47. The van der Waals surface area contributed by atoms with Gasteiger partial charge >= 0.3 is 0 Å². The number of amides is 1. The van der Waals surface area contributed by atoms with Crippen LogP contribution in [0.25, 0.3) is 10.8 Å². The van der Waals surface area contributed by atoms with E-state index in [-0.39, 0.29) is 22.0 Å². The molecule has 0 atom stereocenters. The van der Waals surface area contributed by atoms with Gasteiger partial charge < -0.3 is 15.2 Å². The molecule has 0 bridgehead atoms. The molecule has 0 unspecified atom stereocenters. The first-order valence-electron chi connectivity index (χ1n) is 11.2. The van der Waals surface area contributed by atoms with Gasteiger partial charge in [-0.2, -0.15) is 8.42 Å². The number of benzene rings is 4. The Morgan fingerprint density at radius 1 is 1.05 bits per heavy atom. The van der Waals surface area contributed by atoms with Gasteiger partial charge in [0, 0.05) is 22.2 Å². The molecule has 0 aliphatic rings. The van der Waals surface area contributed by atoms with Crippen LogP contribution in [0.5, 0.6) is 11.5 Å². The summed E-state index contributed by atoms with van der Waals surface area (Å²) in [4.78, 5) is 12.7. The van der Waals surface area contributed by atoms with Gasteiger partial charge in [0.25, 0.3) is 16.0 Å². The maximum atomic E-state index is 13.2. The number of aryl methyl sites for hydroxylation is 1. The number of hydrogen-bond acceptors (Lipinski definition) is 7. The Labute approximate surface area is 228 Å². The highest BCUT2D eigenvalue weighted by molar-refractivity contribution is 7.86. The Hall–Kier alpha value is -3.70. The van der Waals surface area contributed by atoms with Crippen molar-refractivity contribution in [3.05, 3.63) is 81.8 Å². The number of halogens is 2. The monoisotopic (exact) mass is 573 g/mol. The van der Waals surface area contributed by atoms with Crippen molar-refractivity contribution in [3.8, 4) is 11.5 Å². The number of phenols is 1. The molecule has 4 aromatic carbocycles. The number of carbonyl (C=O) groups is 1. The van der Waals surface area contributed by atoms with Crippen molar-refractivity contribution >= 4 is 67.1 Å². The van der Waals surface area contributed by atoms with Crippen LogP contribution in [0.1, 0.15) is 22.8 Å². The topological polar surface area (TPSA) is 138 Å². The van der Waals surface area contributed by atoms with Crippen molar-refractivity contribution in [2.24, 2.45) is 10.2 Å². The summed E-state index contributed by atoms with van der Waals surface area (Å²) >= 11 is 12.3. The lowest BCUT2D eigenvalue weighted by atomic mass is 10.0. The summed E-state index contributed by atoms with van der Waals surface area (Å²) in [5.74, 6) is -0.640. The van der Waals surface area contributed by atoms with E-state index in [2.05, 4.69) is 15.5 Å². The summed E-state index contributed by atoms with van der Waals surface area (Å²) < 4.78 is 38.4. The quantitative estimate of drug-likeness (QED) is 0.155. The molecule has 0 fully saturated rings. The molecule has 0 spiro atoms. The van der Waals surface area contributed by atoms with Crippen LogP contribution in [0.4, 0.5) is 17.1 Å². The minimum absolute atomic E-state index is 0.0414. The maximum absolute atomic E-state index is 13.2. The first-order chi connectivity index (χ1) is 18.0. The average molecular weight is 574 g/mol. The number of rotatable bonds is 7. The van der Waals surface area contributed by atoms with E-state index in [0.717, 1.165) is 0 Å². The van der Waals surface area contributed by atoms with Crippen molar-refractivity contribution in [2.75, 3.05) is 11.9 Å². The summed E-state index contributed by atoms with van der Waals surface area (Å²) in [5, 5.41) is 23.0. The molecule has 0 heterocycles. The third-order valence-corrected chi connectivity index (χ3v) is 6.99. The van der Waals surface area contributed by atoms with Gasteiger partial charge in [-0.1, -0.05) is 47.5 Å². The zero-order valence-electron chi connectivity index (χ0n) is 20.1. The van der Waals surface area contributed by atoms with Crippen LogP contribution in [0.3, 0.4) is 0 Å². The van der Waals surface area contributed by atoms with E-state index in [4.69, 9.17) is 27.9 Å². The number of fused-ring (bicyclic) bond motifs is 1. The molecular weight excluding hydrogens is 553 g/mol. The van der Waals surface area contributed by atoms with Crippen LogP contribution in [0.2, 0.25) is 10.0 Å². The van der Waals surface area contributed by atoms with Crippen LogP contribution < -0.4 is 10.1 Å². The summed E-state index contributed by atoms with van der Waals surface area (Å²) in [6.45, 7) is 3.81. The lowest BCUT2D eigenvalue weighted by Crippen LogP contribution is -2.12. The second-order valence-corrected chi connectivity index (χ2v) is 10.4. The van der Waals surface area contributed by atoms with E-state index < -0.39 is 26.7 Å². The third-order valence-electron chi connectivity index (χ3n) is 5.38. The predicted molar refractivity (Wildman–Crippen MR) is 146 cm³/mol. The van der Waals surface area contributed by atoms with Crippen LogP contribution in [0, 0.1) is 6.92 Å². The van der Waals surface area contributed by atoms with Crippen LogP contribution in [-0.2, 0) is 10.1 Å².